The molecule has 0 unspecified atom stereocenters. The molecule has 0 aliphatic carbocycles. The maximum absolute atomic E-state index is 6.52. The fourth-order valence-electron chi connectivity index (χ4n) is 4.00. The number of rotatable bonds is 4. The quantitative estimate of drug-likeness (QED) is 0.478. The summed E-state index contributed by atoms with van der Waals surface area (Å²) in [6.45, 7) is 12.2. The molecule has 2 heterocycles. The molecule has 1 aliphatic rings. The molecule has 0 atom stereocenters. The minimum atomic E-state index is 0.326. The van der Waals surface area contributed by atoms with Crippen LogP contribution in [0.5, 0.6) is 0 Å². The zero-order valence-corrected chi connectivity index (χ0v) is 18.2. The van der Waals surface area contributed by atoms with Crippen molar-refractivity contribution in [2.45, 2.75) is 26.2 Å². The van der Waals surface area contributed by atoms with Crippen molar-refractivity contribution in [2.75, 3.05) is 10.6 Å². The van der Waals surface area contributed by atoms with Crippen molar-refractivity contribution in [3.8, 4) is 11.8 Å². The van der Waals surface area contributed by atoms with E-state index in [1.165, 1.54) is 11.1 Å². The highest BCUT2D eigenvalue weighted by Gasteiger charge is 2.27. The maximum Gasteiger partial charge on any atom is 0.168 e. The van der Waals surface area contributed by atoms with Crippen LogP contribution in [0.1, 0.15) is 36.5 Å². The highest BCUT2D eigenvalue weighted by Crippen LogP contribution is 2.32. The largest absolute Gasteiger partial charge is 0.398 e. The van der Waals surface area contributed by atoms with Gasteiger partial charge in [0, 0.05) is 47.5 Å². The van der Waals surface area contributed by atoms with Crippen LogP contribution in [-0.2, 0) is 13.5 Å². The molecule has 3 aromatic rings. The second-order valence-corrected chi connectivity index (χ2v) is 7.99. The van der Waals surface area contributed by atoms with E-state index in [9.17, 15) is 0 Å². The van der Waals surface area contributed by atoms with Gasteiger partial charge >= 0.3 is 0 Å². The first kappa shape index (κ1) is 20.4. The van der Waals surface area contributed by atoms with Crippen LogP contribution in [0.4, 0.5) is 11.4 Å². The van der Waals surface area contributed by atoms with Gasteiger partial charge in [-0.2, -0.15) is 5.10 Å². The second-order valence-electron chi connectivity index (χ2n) is 7.99. The summed E-state index contributed by atoms with van der Waals surface area (Å²) >= 11 is 0. The van der Waals surface area contributed by atoms with Crippen LogP contribution in [0.25, 0.3) is 10.9 Å². The fourth-order valence-corrected chi connectivity index (χ4v) is 4.00. The Kier molecular flexibility index (Phi) is 5.31. The predicted octanol–water partition coefficient (Wildman–Crippen LogP) is 4.86. The van der Waals surface area contributed by atoms with Gasteiger partial charge in [0.2, 0.25) is 0 Å². The summed E-state index contributed by atoms with van der Waals surface area (Å²) in [7, 11) is 2.04. The number of allylic oxidation sites excluding steroid dienone is 1. The summed E-state index contributed by atoms with van der Waals surface area (Å²) in [6.07, 6.45) is 4.30. The Morgan fingerprint density at radius 3 is 2.77 bits per heavy atom. The lowest BCUT2D eigenvalue weighted by Crippen LogP contribution is -2.28. The van der Waals surface area contributed by atoms with Crippen LogP contribution in [0.15, 0.2) is 72.8 Å². The van der Waals surface area contributed by atoms with Gasteiger partial charge < -0.3 is 10.3 Å². The Morgan fingerprint density at radius 2 is 2.03 bits per heavy atom. The SMILES string of the molecule is C=CC#CCc1cc(N)c(C2=NNC(=C)N2c2ccc3c(ccn3C)c2)cc1C(C)C. The van der Waals surface area contributed by atoms with Crippen molar-refractivity contribution in [2.24, 2.45) is 12.1 Å². The summed E-state index contributed by atoms with van der Waals surface area (Å²) in [4.78, 5) is 2.01. The van der Waals surface area contributed by atoms with E-state index in [0.717, 1.165) is 28.0 Å². The van der Waals surface area contributed by atoms with E-state index < -0.39 is 0 Å². The first-order valence-electron chi connectivity index (χ1n) is 10.3. The predicted molar refractivity (Wildman–Crippen MR) is 131 cm³/mol. The molecular weight excluding hydrogens is 382 g/mol. The van der Waals surface area contributed by atoms with Gasteiger partial charge in [-0.15, -0.1) is 0 Å². The van der Waals surface area contributed by atoms with Crippen molar-refractivity contribution in [1.82, 2.24) is 9.99 Å². The van der Waals surface area contributed by atoms with Crippen LogP contribution in [-0.4, -0.2) is 10.4 Å². The Hall–Kier alpha value is -3.91. The summed E-state index contributed by atoms with van der Waals surface area (Å²) < 4.78 is 2.10. The number of hydrogen-bond acceptors (Lipinski definition) is 4. The third-order valence-electron chi connectivity index (χ3n) is 5.56. The molecule has 0 saturated carbocycles. The van der Waals surface area contributed by atoms with Gasteiger partial charge in [0.05, 0.1) is 0 Å². The van der Waals surface area contributed by atoms with E-state index in [4.69, 9.17) is 5.73 Å². The minimum absolute atomic E-state index is 0.326. The molecule has 4 rings (SSSR count). The number of nitrogens with two attached hydrogens (primary N) is 1. The van der Waals surface area contributed by atoms with E-state index in [-0.39, 0.29) is 0 Å². The fraction of sp³-hybridized carbons (Fsp3) is 0.192. The Morgan fingerprint density at radius 1 is 1.23 bits per heavy atom. The standard InChI is InChI=1S/C26H27N5/c1-6-7-8-9-19-15-24(27)23(16-22(19)17(2)3)26-29-28-18(4)31(26)21-10-11-25-20(14-21)12-13-30(25)5/h6,10-17,28H,1,4,9,27H2,2-3,5H3. The zero-order valence-electron chi connectivity index (χ0n) is 18.2. The van der Waals surface area contributed by atoms with Crippen LogP contribution in [0.2, 0.25) is 0 Å². The number of nitrogens with one attached hydrogen (secondary N) is 1. The summed E-state index contributed by atoms with van der Waals surface area (Å²) in [6, 6.07) is 12.6. The summed E-state index contributed by atoms with van der Waals surface area (Å²) in [5, 5.41) is 5.72. The second kappa shape index (κ2) is 8.08. The molecule has 0 amide bonds. The lowest BCUT2D eigenvalue weighted by molar-refractivity contribution is 0.851. The lowest BCUT2D eigenvalue weighted by atomic mass is 9.91. The van der Waals surface area contributed by atoms with Crippen molar-refractivity contribution in [1.29, 1.82) is 0 Å². The first-order chi connectivity index (χ1) is 14.9. The molecule has 5 nitrogen and oxygen atoms in total. The first-order valence-corrected chi connectivity index (χ1v) is 10.3. The van der Waals surface area contributed by atoms with Crippen LogP contribution in [0.3, 0.4) is 0 Å². The lowest BCUT2D eigenvalue weighted by Gasteiger charge is -2.23. The molecule has 31 heavy (non-hydrogen) atoms. The number of aromatic nitrogens is 1. The molecule has 1 aromatic heterocycles. The number of amidine groups is 1. The third-order valence-corrected chi connectivity index (χ3v) is 5.56. The van der Waals surface area contributed by atoms with Gasteiger partial charge in [-0.1, -0.05) is 38.8 Å². The van der Waals surface area contributed by atoms with Gasteiger partial charge in [-0.3, -0.25) is 10.3 Å². The number of benzene rings is 2. The Labute approximate surface area is 183 Å². The molecule has 0 saturated heterocycles. The van der Waals surface area contributed by atoms with Crippen molar-refractivity contribution < 1.29 is 0 Å². The number of anilines is 2. The van der Waals surface area contributed by atoms with E-state index in [0.29, 0.717) is 23.8 Å². The molecule has 0 fully saturated rings. The number of fused-ring (bicyclic) bond motifs is 1. The van der Waals surface area contributed by atoms with Crippen molar-refractivity contribution >= 4 is 28.1 Å². The molecule has 3 N–H and O–H groups in total. The van der Waals surface area contributed by atoms with E-state index >= 15 is 0 Å². The van der Waals surface area contributed by atoms with Gasteiger partial charge in [0.1, 0.15) is 5.82 Å². The van der Waals surface area contributed by atoms with E-state index in [2.05, 4.69) is 90.5 Å². The topological polar surface area (TPSA) is 58.6 Å². The molecule has 156 valence electrons. The molecule has 0 spiro atoms. The average Bonchev–Trinajstić information content (AvgIpc) is 3.30. The Balaban J connectivity index is 1.78. The Bertz CT molecular complexity index is 1280. The van der Waals surface area contributed by atoms with Gasteiger partial charge in [0.25, 0.3) is 0 Å². The number of nitrogen functional groups attached to an aromatic ring is 1. The number of nitrogens with zero attached hydrogens (tertiary/aromatic N) is 3. The number of hydrogen-bond donors (Lipinski definition) is 2. The summed E-state index contributed by atoms with van der Waals surface area (Å²) in [5.41, 5.74) is 15.6. The average molecular weight is 410 g/mol. The highest BCUT2D eigenvalue weighted by atomic mass is 15.5. The summed E-state index contributed by atoms with van der Waals surface area (Å²) in [5.74, 6) is 7.81. The smallest absolute Gasteiger partial charge is 0.168 e. The monoisotopic (exact) mass is 409 g/mol. The molecule has 0 bridgehead atoms. The van der Waals surface area contributed by atoms with Gasteiger partial charge in [0.15, 0.2) is 5.84 Å². The van der Waals surface area contributed by atoms with Crippen LogP contribution >= 0.6 is 0 Å². The third kappa shape index (κ3) is 3.69. The van der Waals surface area contributed by atoms with E-state index in [1.807, 2.05) is 18.0 Å². The molecule has 1 aliphatic heterocycles. The van der Waals surface area contributed by atoms with E-state index in [1.54, 1.807) is 6.08 Å². The normalized spacial score (nSPS) is 13.2. The number of hydrazone groups is 1. The molecule has 2 aromatic carbocycles. The maximum atomic E-state index is 6.52. The molecule has 5 heteroatoms. The minimum Gasteiger partial charge on any atom is -0.398 e. The van der Waals surface area contributed by atoms with Crippen molar-refractivity contribution in [3.05, 3.63) is 84.3 Å². The van der Waals surface area contributed by atoms with Gasteiger partial charge in [-0.25, -0.2) is 0 Å². The molecular formula is C26H27N5. The zero-order chi connectivity index (χ0) is 22.1. The van der Waals surface area contributed by atoms with Crippen LogP contribution < -0.4 is 16.1 Å². The molecule has 0 radical (unpaired) electrons. The number of aryl methyl sites for hydroxylation is 1. The van der Waals surface area contributed by atoms with Crippen molar-refractivity contribution in [3.63, 3.8) is 0 Å². The van der Waals surface area contributed by atoms with Gasteiger partial charge in [-0.05, 0) is 59.5 Å². The van der Waals surface area contributed by atoms with Crippen LogP contribution in [0, 0.1) is 11.8 Å². The highest BCUT2D eigenvalue weighted by molar-refractivity contribution is 6.16.